The molecule has 0 radical (unpaired) electrons. The number of carbonyl (C=O) groups excluding carboxylic acids is 5. The van der Waals surface area contributed by atoms with Crippen molar-refractivity contribution in [3.05, 3.63) is 53.1 Å². The highest BCUT2D eigenvalue weighted by Gasteiger charge is 2.45. The fourth-order valence-corrected chi connectivity index (χ4v) is 8.72. The van der Waals surface area contributed by atoms with Crippen LogP contribution < -0.4 is 15.4 Å². The summed E-state index contributed by atoms with van der Waals surface area (Å²) in [6, 6.07) is 2.54. The summed E-state index contributed by atoms with van der Waals surface area (Å²) < 4.78 is 38.9. The van der Waals surface area contributed by atoms with Crippen molar-refractivity contribution in [2.24, 2.45) is 5.92 Å². The van der Waals surface area contributed by atoms with E-state index in [9.17, 15) is 32.4 Å². The van der Waals surface area contributed by atoms with Crippen LogP contribution in [0.25, 0.3) is 6.08 Å². The number of nitrogens with one attached hydrogen (secondary N) is 3. The fourth-order valence-electron chi connectivity index (χ4n) is 7.37. The van der Waals surface area contributed by atoms with Gasteiger partial charge in [0.1, 0.15) is 24.2 Å². The lowest BCUT2D eigenvalue weighted by atomic mass is 10.0. The molecule has 1 aliphatic carbocycles. The second-order valence-electron chi connectivity index (χ2n) is 14.9. The summed E-state index contributed by atoms with van der Waals surface area (Å²) in [7, 11) is -3.89. The van der Waals surface area contributed by atoms with Crippen molar-refractivity contribution in [2.45, 2.75) is 127 Å². The molecule has 288 valence electrons. The van der Waals surface area contributed by atoms with Crippen molar-refractivity contribution >= 4 is 46.0 Å². The van der Waals surface area contributed by atoms with E-state index in [4.69, 9.17) is 9.47 Å². The van der Waals surface area contributed by atoms with Gasteiger partial charge < -0.3 is 25.0 Å². The molecule has 3 N–H and O–H groups in total. The Morgan fingerprint density at radius 3 is 2.55 bits per heavy atom. The molecule has 1 aromatic carbocycles. The minimum atomic E-state index is -3.89. The first-order valence-electron chi connectivity index (χ1n) is 19.0. The topological polar surface area (TPSA) is 181 Å². The minimum Gasteiger partial charge on any atom is -0.449 e. The van der Waals surface area contributed by atoms with E-state index < -0.39 is 69.4 Å². The molecule has 5 aliphatic rings. The maximum absolute atomic E-state index is 14.3. The lowest BCUT2D eigenvalue weighted by Gasteiger charge is -2.29. The Morgan fingerprint density at radius 1 is 0.925 bits per heavy atom. The molecule has 14 nitrogen and oxygen atoms in total. The van der Waals surface area contributed by atoms with Crippen LogP contribution in [0, 0.1) is 5.92 Å². The van der Waals surface area contributed by atoms with Crippen LogP contribution in [0.15, 0.2) is 36.4 Å². The summed E-state index contributed by atoms with van der Waals surface area (Å²) in [5, 5.41) is 4.80. The van der Waals surface area contributed by atoms with E-state index in [0.29, 0.717) is 45.2 Å². The summed E-state index contributed by atoms with van der Waals surface area (Å²) in [5.74, 6) is -2.00. The Bertz CT molecular complexity index is 1730. The first-order chi connectivity index (χ1) is 25.5. The summed E-state index contributed by atoms with van der Waals surface area (Å²) in [5.41, 5.74) is 3.08. The van der Waals surface area contributed by atoms with Gasteiger partial charge in [-0.3, -0.25) is 24.0 Å². The maximum atomic E-state index is 14.3. The first-order valence-corrected chi connectivity index (χ1v) is 20.5. The number of sulfonamides is 1. The summed E-state index contributed by atoms with van der Waals surface area (Å²) in [4.78, 5) is 71.3. The van der Waals surface area contributed by atoms with Crippen LogP contribution in [0.3, 0.4) is 0 Å². The monoisotopic (exact) mass is 753 g/mol. The quantitative estimate of drug-likeness (QED) is 0.384. The minimum absolute atomic E-state index is 0.0397. The van der Waals surface area contributed by atoms with Gasteiger partial charge in [0.05, 0.1) is 24.9 Å². The van der Waals surface area contributed by atoms with Gasteiger partial charge in [0.25, 0.3) is 5.91 Å². The molecule has 0 spiro atoms. The van der Waals surface area contributed by atoms with E-state index in [1.807, 2.05) is 31.2 Å². The van der Waals surface area contributed by atoms with Gasteiger partial charge in [-0.2, -0.15) is 0 Å². The Morgan fingerprint density at radius 2 is 1.74 bits per heavy atom. The first kappa shape index (κ1) is 38.3. The Balaban J connectivity index is 1.27. The standard InChI is InChI=1S/C38H51N5O9S/c1-25-12-7-6-8-13-26-14-11-15-27-21-42(23-30(26)27)38(48)52-28-20-33-35(45)39-31(34(44)41-53(49,50)29-18-19-29)16-9-4-2-3-5-10-17-32(36(46)43(33)22-28)40-37(47)51-24-25/h4,8-9,11,13-15,25,28-29,31-33H,2-3,5-7,10,12,16-24H2,1H3,(H,39,45)(H,40,47)(H,41,44)/b9-4-,13-8+/t25-,28-,31?,32-,33-/m0/s1. The number of allylic oxidation sites excluding steroid dienone is 2. The number of nitrogens with zero attached hydrogens (tertiary/aromatic N) is 2. The van der Waals surface area contributed by atoms with E-state index in [-0.39, 0.29) is 31.9 Å². The van der Waals surface area contributed by atoms with Gasteiger partial charge in [0.2, 0.25) is 21.8 Å². The van der Waals surface area contributed by atoms with E-state index in [0.717, 1.165) is 48.8 Å². The summed E-state index contributed by atoms with van der Waals surface area (Å²) >= 11 is 0. The number of ether oxygens (including phenoxy) is 2. The second kappa shape index (κ2) is 17.2. The third-order valence-electron chi connectivity index (χ3n) is 10.6. The van der Waals surface area contributed by atoms with E-state index in [1.165, 1.54) is 4.90 Å². The number of fused-ring (bicyclic) bond motifs is 3. The van der Waals surface area contributed by atoms with Crippen LogP contribution in [0.4, 0.5) is 9.59 Å². The number of amides is 5. The number of hydrogen-bond donors (Lipinski definition) is 3. The van der Waals surface area contributed by atoms with Crippen LogP contribution in [0.1, 0.15) is 101 Å². The van der Waals surface area contributed by atoms with E-state index in [2.05, 4.69) is 27.5 Å². The molecule has 5 bridgehead atoms. The molecule has 1 unspecified atom stereocenters. The van der Waals surface area contributed by atoms with Crippen molar-refractivity contribution in [1.82, 2.24) is 25.2 Å². The summed E-state index contributed by atoms with van der Waals surface area (Å²) in [6.45, 7) is 2.78. The molecular weight excluding hydrogens is 703 g/mol. The molecule has 53 heavy (non-hydrogen) atoms. The van der Waals surface area contributed by atoms with Crippen molar-refractivity contribution in [3.8, 4) is 0 Å². The maximum Gasteiger partial charge on any atom is 0.410 e. The third kappa shape index (κ3) is 9.98. The highest BCUT2D eigenvalue weighted by Crippen LogP contribution is 2.30. The molecule has 5 amide bonds. The van der Waals surface area contributed by atoms with Crippen LogP contribution in [0.2, 0.25) is 0 Å². The normalized spacial score (nSPS) is 29.3. The molecular formula is C38H51N5O9S. The molecule has 4 aliphatic heterocycles. The lowest BCUT2D eigenvalue weighted by Crippen LogP contribution is -2.56. The number of alkyl carbamates (subject to hydrolysis) is 1. The van der Waals surface area contributed by atoms with E-state index in [1.54, 1.807) is 11.0 Å². The lowest BCUT2D eigenvalue weighted by molar-refractivity contribution is -0.141. The van der Waals surface area contributed by atoms with Gasteiger partial charge in [-0.1, -0.05) is 62.3 Å². The van der Waals surface area contributed by atoms with Crippen molar-refractivity contribution in [2.75, 3.05) is 13.2 Å². The van der Waals surface area contributed by atoms with Gasteiger partial charge in [-0.15, -0.1) is 0 Å². The molecule has 1 aromatic rings. The smallest absolute Gasteiger partial charge is 0.410 e. The highest BCUT2D eigenvalue weighted by atomic mass is 32.2. The number of hydrogen-bond acceptors (Lipinski definition) is 9. The van der Waals surface area contributed by atoms with Crippen molar-refractivity contribution in [1.29, 1.82) is 0 Å². The van der Waals surface area contributed by atoms with Crippen LogP contribution in [0.5, 0.6) is 0 Å². The van der Waals surface area contributed by atoms with Gasteiger partial charge in [0, 0.05) is 13.0 Å². The fraction of sp³-hybridized carbons (Fsp3) is 0.605. The zero-order valence-electron chi connectivity index (χ0n) is 30.3. The molecule has 15 heteroatoms. The van der Waals surface area contributed by atoms with E-state index >= 15 is 0 Å². The Labute approximate surface area is 311 Å². The van der Waals surface area contributed by atoms with Gasteiger partial charge in [-0.05, 0) is 80.4 Å². The SMILES string of the molecule is C[C@H]1CCC/C=C/c2cccc3c2CN(C3)C(=O)O[C@H]2C[C@H]3C(=O)NC(C(=O)NS(=O)(=O)C4CC4)C/C=C\CCCCC[C@H](NC(=O)OC1)C(=O)N3C2. The van der Waals surface area contributed by atoms with Gasteiger partial charge >= 0.3 is 12.2 Å². The van der Waals surface area contributed by atoms with Crippen LogP contribution in [-0.4, -0.2) is 90.8 Å². The molecule has 2 fully saturated rings. The zero-order valence-corrected chi connectivity index (χ0v) is 31.1. The zero-order chi connectivity index (χ0) is 37.5. The van der Waals surface area contributed by atoms with Crippen LogP contribution >= 0.6 is 0 Å². The second-order valence-corrected chi connectivity index (χ2v) is 16.9. The van der Waals surface area contributed by atoms with Gasteiger partial charge in [0.15, 0.2) is 0 Å². The predicted octanol–water partition coefficient (Wildman–Crippen LogP) is 4.04. The molecule has 6 rings (SSSR count). The number of rotatable bonds is 3. The largest absolute Gasteiger partial charge is 0.449 e. The average Bonchev–Trinajstić information content (AvgIpc) is 3.77. The van der Waals surface area contributed by atoms with Crippen molar-refractivity contribution in [3.63, 3.8) is 0 Å². The predicted molar refractivity (Wildman–Crippen MR) is 195 cm³/mol. The molecule has 1 saturated heterocycles. The average molecular weight is 754 g/mol. The number of cyclic esters (lactones) is 1. The number of carbonyl (C=O) groups is 5. The molecule has 5 atom stereocenters. The molecule has 4 heterocycles. The Kier molecular flexibility index (Phi) is 12.4. The molecule has 1 saturated carbocycles. The summed E-state index contributed by atoms with van der Waals surface area (Å²) in [6.07, 6.45) is 12.2. The van der Waals surface area contributed by atoms with Crippen LogP contribution in [-0.2, 0) is 47.0 Å². The third-order valence-corrected chi connectivity index (χ3v) is 12.4. The number of benzene rings is 1. The van der Waals surface area contributed by atoms with Gasteiger partial charge in [-0.25, -0.2) is 18.0 Å². The molecule has 0 aromatic heterocycles. The van der Waals surface area contributed by atoms with Crippen molar-refractivity contribution < 1.29 is 41.9 Å². The highest BCUT2D eigenvalue weighted by molar-refractivity contribution is 7.90. The Hall–Kier alpha value is -4.40.